The third-order valence-electron chi connectivity index (χ3n) is 4.03. The Morgan fingerprint density at radius 1 is 1.58 bits per heavy atom. The number of benzene rings is 1. The third kappa shape index (κ3) is 2.63. The van der Waals surface area contributed by atoms with Gasteiger partial charge in [0.1, 0.15) is 5.75 Å². The number of aliphatic hydroxyl groups excluding tert-OH is 1. The van der Waals surface area contributed by atoms with Crippen LogP contribution in [0.15, 0.2) is 22.7 Å². The molecule has 3 unspecified atom stereocenters. The van der Waals surface area contributed by atoms with Gasteiger partial charge in [-0.3, -0.25) is 0 Å². The number of hydrogen-bond donors (Lipinski definition) is 1. The van der Waals surface area contributed by atoms with Crippen LogP contribution >= 0.6 is 15.9 Å². The minimum absolute atomic E-state index is 0.496. The van der Waals surface area contributed by atoms with Crippen LogP contribution in [0.2, 0.25) is 0 Å². The molecule has 1 fully saturated rings. The van der Waals surface area contributed by atoms with Gasteiger partial charge in [0.05, 0.1) is 29.2 Å². The van der Waals surface area contributed by atoms with Crippen molar-refractivity contribution in [2.24, 2.45) is 11.3 Å². The second kappa shape index (κ2) is 5.52. The topological polar surface area (TPSA) is 53.2 Å². The summed E-state index contributed by atoms with van der Waals surface area (Å²) in [6.07, 6.45) is 1.77. The first-order valence-corrected chi connectivity index (χ1v) is 7.24. The van der Waals surface area contributed by atoms with Crippen LogP contribution in [0.4, 0.5) is 0 Å². The molecule has 3 nitrogen and oxygen atoms in total. The molecular formula is C15H18BrNO2. The van der Waals surface area contributed by atoms with Crippen LogP contribution in [0.1, 0.15) is 37.9 Å². The van der Waals surface area contributed by atoms with Gasteiger partial charge in [0.15, 0.2) is 0 Å². The molecule has 0 bridgehead atoms. The van der Waals surface area contributed by atoms with Crippen LogP contribution in [-0.4, -0.2) is 12.2 Å². The molecule has 1 N–H and O–H groups in total. The minimum Gasteiger partial charge on any atom is -0.496 e. The molecular weight excluding hydrogens is 306 g/mol. The van der Waals surface area contributed by atoms with E-state index in [4.69, 9.17) is 4.74 Å². The lowest BCUT2D eigenvalue weighted by Crippen LogP contribution is -2.24. The molecule has 0 aromatic heterocycles. The van der Waals surface area contributed by atoms with Crippen LogP contribution in [0.3, 0.4) is 0 Å². The lowest BCUT2D eigenvalue weighted by atomic mass is 9.78. The first-order chi connectivity index (χ1) is 9.02. The number of ether oxygens (including phenoxy) is 1. The molecule has 0 aliphatic heterocycles. The molecule has 0 spiro atoms. The lowest BCUT2D eigenvalue weighted by molar-refractivity contribution is 0.0646. The average Bonchev–Trinajstić information content (AvgIpc) is 2.80. The van der Waals surface area contributed by atoms with Gasteiger partial charge in [0.25, 0.3) is 0 Å². The van der Waals surface area contributed by atoms with Crippen molar-refractivity contribution in [3.05, 3.63) is 28.2 Å². The van der Waals surface area contributed by atoms with Gasteiger partial charge in [-0.1, -0.05) is 13.0 Å². The molecule has 0 amide bonds. The monoisotopic (exact) mass is 323 g/mol. The summed E-state index contributed by atoms with van der Waals surface area (Å²) in [5.74, 6) is 1.22. The van der Waals surface area contributed by atoms with Gasteiger partial charge in [-0.15, -0.1) is 0 Å². The van der Waals surface area contributed by atoms with Crippen LogP contribution in [0.25, 0.3) is 0 Å². The van der Waals surface area contributed by atoms with Gasteiger partial charge in [0.2, 0.25) is 0 Å². The van der Waals surface area contributed by atoms with E-state index in [2.05, 4.69) is 28.9 Å². The Bertz CT molecular complexity index is 511. The summed E-state index contributed by atoms with van der Waals surface area (Å²) in [6.45, 7) is 2.13. The van der Waals surface area contributed by atoms with Gasteiger partial charge < -0.3 is 9.84 Å². The smallest absolute Gasteiger partial charge is 0.133 e. The van der Waals surface area contributed by atoms with Crippen molar-refractivity contribution < 1.29 is 9.84 Å². The number of hydrogen-bond acceptors (Lipinski definition) is 3. The maximum absolute atomic E-state index is 10.6. The number of methoxy groups -OCH3 is 1. The molecule has 102 valence electrons. The molecule has 1 aromatic carbocycles. The molecule has 2 rings (SSSR count). The second-order valence-corrected chi connectivity index (χ2v) is 6.27. The Morgan fingerprint density at radius 3 is 2.79 bits per heavy atom. The third-order valence-corrected chi connectivity index (χ3v) is 4.65. The zero-order valence-electron chi connectivity index (χ0n) is 11.2. The quantitative estimate of drug-likeness (QED) is 0.919. The van der Waals surface area contributed by atoms with E-state index in [0.717, 1.165) is 35.0 Å². The highest BCUT2D eigenvalue weighted by atomic mass is 79.9. The maximum atomic E-state index is 10.6. The van der Waals surface area contributed by atoms with Crippen molar-refractivity contribution in [1.29, 1.82) is 5.26 Å². The molecule has 1 aliphatic carbocycles. The highest BCUT2D eigenvalue weighted by Crippen LogP contribution is 2.50. The zero-order chi connectivity index (χ0) is 14.0. The first kappa shape index (κ1) is 14.4. The van der Waals surface area contributed by atoms with E-state index in [1.165, 1.54) is 0 Å². The second-order valence-electron chi connectivity index (χ2n) is 5.41. The predicted octanol–water partition coefficient (Wildman–Crippen LogP) is 3.82. The largest absolute Gasteiger partial charge is 0.496 e. The fraction of sp³-hybridized carbons (Fsp3) is 0.533. The minimum atomic E-state index is -0.746. The van der Waals surface area contributed by atoms with Crippen molar-refractivity contribution in [2.75, 3.05) is 7.11 Å². The van der Waals surface area contributed by atoms with E-state index >= 15 is 0 Å². The SMILES string of the molecule is COc1ccc(C(O)C2(C#N)CCC(C)C2)cc1Br. The Labute approximate surface area is 122 Å². The summed E-state index contributed by atoms with van der Waals surface area (Å²) < 4.78 is 5.98. The lowest BCUT2D eigenvalue weighted by Gasteiger charge is -2.28. The first-order valence-electron chi connectivity index (χ1n) is 6.45. The molecule has 19 heavy (non-hydrogen) atoms. The van der Waals surface area contributed by atoms with Crippen molar-refractivity contribution >= 4 is 15.9 Å². The van der Waals surface area contributed by atoms with Crippen molar-refractivity contribution in [2.45, 2.75) is 32.3 Å². The molecule has 1 aromatic rings. The van der Waals surface area contributed by atoms with E-state index in [0.29, 0.717) is 5.92 Å². The fourth-order valence-electron chi connectivity index (χ4n) is 2.91. The Morgan fingerprint density at radius 2 is 2.32 bits per heavy atom. The van der Waals surface area contributed by atoms with E-state index < -0.39 is 11.5 Å². The predicted molar refractivity (Wildman–Crippen MR) is 76.7 cm³/mol. The van der Waals surface area contributed by atoms with E-state index in [-0.39, 0.29) is 0 Å². The fourth-order valence-corrected chi connectivity index (χ4v) is 3.47. The summed E-state index contributed by atoms with van der Waals surface area (Å²) in [6, 6.07) is 7.84. The number of rotatable bonds is 3. The highest BCUT2D eigenvalue weighted by molar-refractivity contribution is 9.10. The summed E-state index contributed by atoms with van der Waals surface area (Å²) in [7, 11) is 1.60. The normalized spacial score (nSPS) is 27.8. The van der Waals surface area contributed by atoms with Gasteiger partial charge in [0, 0.05) is 0 Å². The van der Waals surface area contributed by atoms with Gasteiger partial charge in [-0.2, -0.15) is 5.26 Å². The molecule has 1 aliphatic rings. The van der Waals surface area contributed by atoms with E-state index in [1.807, 2.05) is 18.2 Å². The Kier molecular flexibility index (Phi) is 4.17. The van der Waals surface area contributed by atoms with Gasteiger partial charge >= 0.3 is 0 Å². The standard InChI is InChI=1S/C15H18BrNO2/c1-10-5-6-15(8-10,9-17)14(18)11-3-4-13(19-2)12(16)7-11/h3-4,7,10,14,18H,5-6,8H2,1-2H3. The van der Waals surface area contributed by atoms with Crippen LogP contribution in [0.5, 0.6) is 5.75 Å². The Balaban J connectivity index is 2.31. The van der Waals surface area contributed by atoms with Crippen molar-refractivity contribution in [1.82, 2.24) is 0 Å². The summed E-state index contributed by atoms with van der Waals surface area (Å²) in [5.41, 5.74) is 0.122. The molecule has 0 radical (unpaired) electrons. The number of halogens is 1. The number of nitrogens with zero attached hydrogens (tertiary/aromatic N) is 1. The summed E-state index contributed by atoms with van der Waals surface area (Å²) in [4.78, 5) is 0. The molecule has 4 heteroatoms. The van der Waals surface area contributed by atoms with E-state index in [1.54, 1.807) is 7.11 Å². The van der Waals surface area contributed by atoms with Crippen molar-refractivity contribution in [3.63, 3.8) is 0 Å². The zero-order valence-corrected chi connectivity index (χ0v) is 12.8. The molecule has 3 atom stereocenters. The summed E-state index contributed by atoms with van der Waals surface area (Å²) in [5, 5.41) is 20.1. The average molecular weight is 324 g/mol. The maximum Gasteiger partial charge on any atom is 0.133 e. The molecule has 0 heterocycles. The number of nitriles is 1. The molecule has 0 saturated heterocycles. The Hall–Kier alpha value is -1.05. The van der Waals surface area contributed by atoms with Crippen LogP contribution in [0, 0.1) is 22.7 Å². The summed E-state index contributed by atoms with van der Waals surface area (Å²) >= 11 is 3.42. The van der Waals surface area contributed by atoms with E-state index in [9.17, 15) is 10.4 Å². The van der Waals surface area contributed by atoms with Crippen LogP contribution in [-0.2, 0) is 0 Å². The van der Waals surface area contributed by atoms with Crippen LogP contribution < -0.4 is 4.74 Å². The van der Waals surface area contributed by atoms with Gasteiger partial charge in [-0.25, -0.2) is 0 Å². The highest BCUT2D eigenvalue weighted by Gasteiger charge is 2.44. The van der Waals surface area contributed by atoms with Crippen molar-refractivity contribution in [3.8, 4) is 11.8 Å². The van der Waals surface area contributed by atoms with Gasteiger partial charge in [-0.05, 0) is 58.8 Å². The number of aliphatic hydroxyl groups is 1. The molecule has 1 saturated carbocycles.